The van der Waals surface area contributed by atoms with Gasteiger partial charge in [-0.2, -0.15) is 5.26 Å². The van der Waals surface area contributed by atoms with E-state index in [4.69, 9.17) is 16.9 Å². The number of nitrogens with zero attached hydrogens (tertiary/aromatic N) is 4. The number of anilines is 1. The molecule has 1 aliphatic rings. The molecule has 5 heteroatoms. The van der Waals surface area contributed by atoms with E-state index in [9.17, 15) is 0 Å². The van der Waals surface area contributed by atoms with Crippen molar-refractivity contribution in [3.05, 3.63) is 22.8 Å². The molecule has 1 saturated heterocycles. The molecule has 0 bridgehead atoms. The number of hydrogen-bond acceptors (Lipinski definition) is 4. The van der Waals surface area contributed by atoms with Crippen LogP contribution in [0.15, 0.2) is 12.1 Å². The van der Waals surface area contributed by atoms with E-state index in [-0.39, 0.29) is 0 Å². The molecule has 0 aromatic carbocycles. The lowest BCUT2D eigenvalue weighted by molar-refractivity contribution is 0.274. The number of rotatable bonds is 1. The topological polar surface area (TPSA) is 43.2 Å². The van der Waals surface area contributed by atoms with Crippen LogP contribution in [0.3, 0.4) is 0 Å². The third kappa shape index (κ3) is 2.68. The third-order valence-corrected chi connectivity index (χ3v) is 3.23. The molecule has 0 N–H and O–H groups in total. The number of halogens is 1. The van der Waals surface area contributed by atoms with Crippen LogP contribution in [0.1, 0.15) is 12.5 Å². The van der Waals surface area contributed by atoms with E-state index in [1.807, 2.05) is 0 Å². The van der Waals surface area contributed by atoms with Crippen molar-refractivity contribution in [3.63, 3.8) is 0 Å². The van der Waals surface area contributed by atoms with Gasteiger partial charge in [0.1, 0.15) is 11.0 Å². The maximum absolute atomic E-state index is 8.93. The highest BCUT2D eigenvalue weighted by atomic mass is 35.5. The molecule has 1 unspecified atom stereocenters. The van der Waals surface area contributed by atoms with E-state index in [2.05, 4.69) is 34.8 Å². The number of aromatic nitrogens is 1. The van der Waals surface area contributed by atoms with Crippen LogP contribution in [0.5, 0.6) is 0 Å². The Labute approximate surface area is 106 Å². The fourth-order valence-corrected chi connectivity index (χ4v) is 2.38. The second-order valence-corrected chi connectivity index (χ2v) is 4.84. The Morgan fingerprint density at radius 2 is 2.24 bits per heavy atom. The number of pyridine rings is 1. The van der Waals surface area contributed by atoms with Gasteiger partial charge in [0, 0.05) is 25.7 Å². The summed E-state index contributed by atoms with van der Waals surface area (Å²) in [6.07, 6.45) is 0. The van der Waals surface area contributed by atoms with E-state index >= 15 is 0 Å². The van der Waals surface area contributed by atoms with E-state index in [0.717, 1.165) is 25.5 Å². The molecule has 2 rings (SSSR count). The van der Waals surface area contributed by atoms with Crippen molar-refractivity contribution in [1.29, 1.82) is 5.26 Å². The minimum atomic E-state index is 0.380. The monoisotopic (exact) mass is 250 g/mol. The van der Waals surface area contributed by atoms with Crippen LogP contribution in [0.25, 0.3) is 0 Å². The van der Waals surface area contributed by atoms with Crippen molar-refractivity contribution < 1.29 is 0 Å². The van der Waals surface area contributed by atoms with Gasteiger partial charge in [0.15, 0.2) is 0 Å². The van der Waals surface area contributed by atoms with Gasteiger partial charge in [0.25, 0.3) is 0 Å². The molecule has 1 atom stereocenters. The van der Waals surface area contributed by atoms with Crippen LogP contribution in [0, 0.1) is 11.3 Å². The molecular formula is C12H15ClN4. The van der Waals surface area contributed by atoms with Crippen molar-refractivity contribution in [2.45, 2.75) is 13.0 Å². The van der Waals surface area contributed by atoms with Crippen LogP contribution < -0.4 is 4.90 Å². The Morgan fingerprint density at radius 1 is 1.47 bits per heavy atom. The highest BCUT2D eigenvalue weighted by Gasteiger charge is 2.23. The molecule has 2 heterocycles. The summed E-state index contributed by atoms with van der Waals surface area (Å²) in [6, 6.07) is 5.88. The highest BCUT2D eigenvalue weighted by molar-refractivity contribution is 6.29. The first-order valence-corrected chi connectivity index (χ1v) is 6.01. The average molecular weight is 251 g/mol. The summed E-state index contributed by atoms with van der Waals surface area (Å²) < 4.78 is 0. The molecule has 1 aromatic rings. The van der Waals surface area contributed by atoms with Gasteiger partial charge in [-0.05, 0) is 26.1 Å². The first kappa shape index (κ1) is 12.2. The van der Waals surface area contributed by atoms with Gasteiger partial charge in [-0.25, -0.2) is 4.98 Å². The van der Waals surface area contributed by atoms with E-state index in [0.29, 0.717) is 16.8 Å². The zero-order valence-electron chi connectivity index (χ0n) is 10.0. The first-order chi connectivity index (χ1) is 8.10. The predicted molar refractivity (Wildman–Crippen MR) is 68.3 cm³/mol. The summed E-state index contributed by atoms with van der Waals surface area (Å²) in [5, 5.41) is 9.31. The fraction of sp³-hybridized carbons (Fsp3) is 0.500. The Kier molecular flexibility index (Phi) is 3.51. The van der Waals surface area contributed by atoms with E-state index in [1.54, 1.807) is 12.1 Å². The molecule has 1 aromatic heterocycles. The van der Waals surface area contributed by atoms with Crippen molar-refractivity contribution in [3.8, 4) is 6.07 Å². The van der Waals surface area contributed by atoms with Crippen molar-refractivity contribution >= 4 is 17.4 Å². The molecule has 90 valence electrons. The smallest absolute Gasteiger partial charge is 0.132 e. The summed E-state index contributed by atoms with van der Waals surface area (Å²) in [5.74, 6) is 0.801. The summed E-state index contributed by atoms with van der Waals surface area (Å²) in [4.78, 5) is 8.79. The Bertz CT molecular complexity index is 454. The van der Waals surface area contributed by atoms with Crippen molar-refractivity contribution in [2.24, 2.45) is 0 Å². The largest absolute Gasteiger partial charge is 0.351 e. The molecular weight excluding hydrogens is 236 g/mol. The average Bonchev–Trinajstić information content (AvgIpc) is 2.28. The fourth-order valence-electron chi connectivity index (χ4n) is 2.17. The molecule has 0 amide bonds. The van der Waals surface area contributed by atoms with Gasteiger partial charge in [-0.3, -0.25) is 0 Å². The predicted octanol–water partition coefficient (Wildman–Crippen LogP) is 1.75. The quantitative estimate of drug-likeness (QED) is 0.713. The van der Waals surface area contributed by atoms with Gasteiger partial charge >= 0.3 is 0 Å². The lowest BCUT2D eigenvalue weighted by atomic mass is 10.2. The minimum absolute atomic E-state index is 0.380. The maximum Gasteiger partial charge on any atom is 0.132 e. The number of hydrogen-bond donors (Lipinski definition) is 0. The third-order valence-electron chi connectivity index (χ3n) is 3.03. The summed E-state index contributed by atoms with van der Waals surface area (Å²) in [7, 11) is 2.11. The number of piperazine rings is 1. The van der Waals surface area contributed by atoms with Crippen LogP contribution in [0.4, 0.5) is 5.82 Å². The molecule has 0 aliphatic carbocycles. The van der Waals surface area contributed by atoms with Crippen molar-refractivity contribution in [1.82, 2.24) is 9.88 Å². The van der Waals surface area contributed by atoms with E-state index in [1.165, 1.54) is 0 Å². The Morgan fingerprint density at radius 3 is 2.88 bits per heavy atom. The first-order valence-electron chi connectivity index (χ1n) is 5.63. The SMILES string of the molecule is CC1CN(C)CCN1c1cc(C#N)cc(Cl)n1. The standard InChI is InChI=1S/C12H15ClN4/c1-9-8-16(2)3-4-17(9)12-6-10(7-14)5-11(13)15-12/h5-6,9H,3-4,8H2,1-2H3. The summed E-state index contributed by atoms with van der Waals surface area (Å²) in [5.41, 5.74) is 0.561. The normalized spacial score (nSPS) is 21.3. The zero-order valence-corrected chi connectivity index (χ0v) is 10.8. The molecule has 0 spiro atoms. The molecule has 0 saturated carbocycles. The second-order valence-electron chi connectivity index (χ2n) is 4.45. The Balaban J connectivity index is 2.28. The maximum atomic E-state index is 8.93. The van der Waals surface area contributed by atoms with E-state index < -0.39 is 0 Å². The number of nitriles is 1. The van der Waals surface area contributed by atoms with Gasteiger partial charge in [-0.1, -0.05) is 11.6 Å². The second kappa shape index (κ2) is 4.91. The molecule has 4 nitrogen and oxygen atoms in total. The summed E-state index contributed by atoms with van der Waals surface area (Å²) >= 11 is 5.93. The highest BCUT2D eigenvalue weighted by Crippen LogP contribution is 2.21. The van der Waals surface area contributed by atoms with Crippen molar-refractivity contribution in [2.75, 3.05) is 31.6 Å². The molecule has 1 fully saturated rings. The van der Waals surface area contributed by atoms with Crippen LogP contribution in [-0.2, 0) is 0 Å². The van der Waals surface area contributed by atoms with Gasteiger partial charge < -0.3 is 9.80 Å². The Hall–Kier alpha value is -1.31. The lowest BCUT2D eigenvalue weighted by Gasteiger charge is -2.39. The van der Waals surface area contributed by atoms with Crippen LogP contribution in [-0.4, -0.2) is 42.6 Å². The minimum Gasteiger partial charge on any atom is -0.351 e. The molecule has 0 radical (unpaired) electrons. The van der Waals surface area contributed by atoms with Crippen LogP contribution in [0.2, 0.25) is 5.15 Å². The van der Waals surface area contributed by atoms with Gasteiger partial charge in [0.2, 0.25) is 0 Å². The van der Waals surface area contributed by atoms with Gasteiger partial charge in [-0.15, -0.1) is 0 Å². The summed E-state index contributed by atoms with van der Waals surface area (Å²) in [6.45, 7) is 5.07. The van der Waals surface area contributed by atoms with Crippen LogP contribution >= 0.6 is 11.6 Å². The molecule has 1 aliphatic heterocycles. The molecule has 17 heavy (non-hydrogen) atoms. The number of likely N-dealkylation sites (N-methyl/N-ethyl adjacent to an activating group) is 1. The lowest BCUT2D eigenvalue weighted by Crippen LogP contribution is -2.50. The zero-order chi connectivity index (χ0) is 12.4. The van der Waals surface area contributed by atoms with Gasteiger partial charge in [0.05, 0.1) is 11.6 Å².